The molecule has 1 heterocycles. The Bertz CT molecular complexity index is 702. The Morgan fingerprint density at radius 3 is 2.56 bits per heavy atom. The monoisotopic (exact) mass is 455 g/mol. The van der Waals surface area contributed by atoms with Crippen LogP contribution in [0.15, 0.2) is 36.5 Å². The van der Waals surface area contributed by atoms with Crippen molar-refractivity contribution in [2.75, 3.05) is 33.4 Å². The Balaban J connectivity index is 0.00000338. The largest absolute Gasteiger partial charge is 0.437 e. The van der Waals surface area contributed by atoms with Gasteiger partial charge < -0.3 is 20.1 Å². The van der Waals surface area contributed by atoms with Gasteiger partial charge >= 0.3 is 0 Å². The van der Waals surface area contributed by atoms with Crippen LogP contribution in [-0.2, 0) is 4.74 Å². The van der Waals surface area contributed by atoms with E-state index in [1.165, 1.54) is 6.20 Å². The first-order valence-electron chi connectivity index (χ1n) is 7.67. The number of halogens is 4. The normalized spacial score (nSPS) is 9.74. The predicted octanol–water partition coefficient (Wildman–Crippen LogP) is 3.99. The van der Waals surface area contributed by atoms with E-state index in [1.54, 1.807) is 37.4 Å². The molecule has 0 unspecified atom stereocenters. The van der Waals surface area contributed by atoms with Crippen molar-refractivity contribution in [1.29, 1.82) is 0 Å². The fourth-order valence-corrected chi connectivity index (χ4v) is 2.25. The molecule has 0 radical (unpaired) electrons. The maximum absolute atomic E-state index is 12.0. The minimum atomic E-state index is -0.201. The molecule has 0 saturated heterocycles. The minimum absolute atomic E-state index is 0. The van der Waals surface area contributed by atoms with Crippen LogP contribution in [0.3, 0.4) is 0 Å². The second-order valence-electron chi connectivity index (χ2n) is 5.04. The summed E-state index contributed by atoms with van der Waals surface area (Å²) in [4.78, 5) is 16.1. The molecule has 0 aliphatic rings. The van der Waals surface area contributed by atoms with Gasteiger partial charge in [-0.2, -0.15) is 0 Å². The summed E-state index contributed by atoms with van der Waals surface area (Å²) in [6.45, 7) is 2.55. The number of hydrogen-bond donors (Lipinski definition) is 2. The first-order chi connectivity index (χ1) is 12.1. The number of nitrogens with zero attached hydrogens (tertiary/aromatic N) is 1. The van der Waals surface area contributed by atoms with Gasteiger partial charge in [-0.15, -0.1) is 24.8 Å². The Hall–Kier alpha value is -1.28. The van der Waals surface area contributed by atoms with Gasteiger partial charge in [-0.05, 0) is 18.2 Å². The molecule has 0 bridgehead atoms. The Morgan fingerprint density at radius 1 is 1.11 bits per heavy atom. The lowest BCUT2D eigenvalue weighted by atomic mass is 10.2. The second-order valence-corrected chi connectivity index (χ2v) is 5.82. The van der Waals surface area contributed by atoms with Crippen molar-refractivity contribution in [2.24, 2.45) is 0 Å². The molecule has 6 nitrogen and oxygen atoms in total. The quantitative estimate of drug-likeness (QED) is 0.558. The van der Waals surface area contributed by atoms with Crippen LogP contribution >= 0.6 is 48.0 Å². The molecule has 0 aliphatic heterocycles. The first kappa shape index (κ1) is 25.7. The van der Waals surface area contributed by atoms with Gasteiger partial charge in [-0.1, -0.05) is 29.3 Å². The van der Waals surface area contributed by atoms with Crippen molar-refractivity contribution in [3.8, 4) is 11.6 Å². The van der Waals surface area contributed by atoms with E-state index in [2.05, 4.69) is 15.6 Å². The summed E-state index contributed by atoms with van der Waals surface area (Å²) in [5, 5.41) is 6.65. The van der Waals surface area contributed by atoms with E-state index in [9.17, 15) is 4.79 Å². The molecule has 0 aliphatic carbocycles. The van der Waals surface area contributed by atoms with Gasteiger partial charge in [-0.25, -0.2) is 4.98 Å². The Labute approximate surface area is 180 Å². The number of hydrogen-bond acceptors (Lipinski definition) is 5. The molecule has 0 atom stereocenters. The van der Waals surface area contributed by atoms with Crippen LogP contribution < -0.4 is 15.4 Å². The Kier molecular flexibility index (Phi) is 13.2. The summed E-state index contributed by atoms with van der Waals surface area (Å²) >= 11 is 12.0. The van der Waals surface area contributed by atoms with Crippen LogP contribution in [0.1, 0.15) is 10.4 Å². The van der Waals surface area contributed by atoms with Crippen molar-refractivity contribution in [1.82, 2.24) is 15.6 Å². The van der Waals surface area contributed by atoms with E-state index in [1.807, 2.05) is 0 Å². The summed E-state index contributed by atoms with van der Waals surface area (Å²) in [5.74, 6) is 0.524. The molecule has 0 fully saturated rings. The molecule has 1 amide bonds. The van der Waals surface area contributed by atoms with E-state index >= 15 is 0 Å². The van der Waals surface area contributed by atoms with Crippen LogP contribution in [0, 0.1) is 0 Å². The summed E-state index contributed by atoms with van der Waals surface area (Å²) in [7, 11) is 1.64. The number of carbonyl (C=O) groups is 1. The zero-order valence-corrected chi connectivity index (χ0v) is 17.7. The zero-order valence-electron chi connectivity index (χ0n) is 14.5. The van der Waals surface area contributed by atoms with Gasteiger partial charge in [0, 0.05) is 39.0 Å². The average molecular weight is 457 g/mol. The number of methoxy groups -OCH3 is 1. The molecule has 1 aromatic carbocycles. The average Bonchev–Trinajstić information content (AvgIpc) is 2.62. The van der Waals surface area contributed by atoms with E-state index in [0.717, 1.165) is 6.54 Å². The summed E-state index contributed by atoms with van der Waals surface area (Å²) < 4.78 is 10.5. The number of amides is 1. The van der Waals surface area contributed by atoms with Crippen LogP contribution in [0.5, 0.6) is 11.6 Å². The molecule has 0 spiro atoms. The van der Waals surface area contributed by atoms with E-state index in [-0.39, 0.29) is 30.7 Å². The summed E-state index contributed by atoms with van der Waals surface area (Å²) in [6.07, 6.45) is 1.45. The number of benzene rings is 1. The number of rotatable bonds is 9. The third-order valence-electron chi connectivity index (χ3n) is 3.20. The highest BCUT2D eigenvalue weighted by Crippen LogP contribution is 2.33. The standard InChI is InChI=1S/C17H19Cl2N3O3.2ClH/c1-24-10-9-20-7-8-21-17(23)12-5-6-15(22-11-12)25-14-4-2-3-13(18)16(14)19;;/h2-6,11,20H,7-10H2,1H3,(H,21,23);2*1H. The van der Waals surface area contributed by atoms with Gasteiger partial charge in [0.1, 0.15) is 10.8 Å². The fraction of sp³-hybridized carbons (Fsp3) is 0.294. The molecule has 0 saturated carbocycles. The van der Waals surface area contributed by atoms with Crippen molar-refractivity contribution in [3.05, 3.63) is 52.1 Å². The fourth-order valence-electron chi connectivity index (χ4n) is 1.92. The molecular weight excluding hydrogens is 436 g/mol. The van der Waals surface area contributed by atoms with Crippen molar-refractivity contribution < 1.29 is 14.3 Å². The van der Waals surface area contributed by atoms with E-state index in [0.29, 0.717) is 46.9 Å². The number of ether oxygens (including phenoxy) is 2. The minimum Gasteiger partial charge on any atom is -0.437 e. The van der Waals surface area contributed by atoms with Crippen LogP contribution in [-0.4, -0.2) is 44.2 Å². The second kappa shape index (κ2) is 13.8. The number of carbonyl (C=O) groups excluding carboxylic acids is 1. The lowest BCUT2D eigenvalue weighted by molar-refractivity contribution is 0.0953. The topological polar surface area (TPSA) is 72.5 Å². The van der Waals surface area contributed by atoms with Crippen LogP contribution in [0.25, 0.3) is 0 Å². The number of aromatic nitrogens is 1. The molecular formula is C17H21Cl4N3O3. The predicted molar refractivity (Wildman–Crippen MR) is 112 cm³/mol. The maximum atomic E-state index is 12.0. The van der Waals surface area contributed by atoms with Crippen LogP contribution in [0.4, 0.5) is 0 Å². The summed E-state index contributed by atoms with van der Waals surface area (Å²) in [6, 6.07) is 8.32. The van der Waals surface area contributed by atoms with E-state index < -0.39 is 0 Å². The SMILES string of the molecule is COCCNCCNC(=O)c1ccc(Oc2cccc(Cl)c2Cl)nc1.Cl.Cl. The molecule has 150 valence electrons. The van der Waals surface area contributed by atoms with E-state index in [4.69, 9.17) is 32.7 Å². The number of pyridine rings is 1. The van der Waals surface area contributed by atoms with Gasteiger partial charge in [0.15, 0.2) is 0 Å². The van der Waals surface area contributed by atoms with Crippen LogP contribution in [0.2, 0.25) is 10.0 Å². The van der Waals surface area contributed by atoms with Gasteiger partial charge in [0.05, 0.1) is 17.2 Å². The molecule has 2 aromatic rings. The molecule has 2 rings (SSSR count). The third-order valence-corrected chi connectivity index (χ3v) is 4.00. The Morgan fingerprint density at radius 2 is 1.89 bits per heavy atom. The number of nitrogens with one attached hydrogen (secondary N) is 2. The maximum Gasteiger partial charge on any atom is 0.252 e. The highest BCUT2D eigenvalue weighted by atomic mass is 35.5. The lowest BCUT2D eigenvalue weighted by Crippen LogP contribution is -2.33. The van der Waals surface area contributed by atoms with Crippen molar-refractivity contribution in [2.45, 2.75) is 0 Å². The first-order valence-corrected chi connectivity index (χ1v) is 8.43. The molecule has 27 heavy (non-hydrogen) atoms. The molecule has 10 heteroatoms. The highest BCUT2D eigenvalue weighted by Gasteiger charge is 2.09. The zero-order chi connectivity index (χ0) is 18.1. The van der Waals surface area contributed by atoms with Gasteiger partial charge in [0.2, 0.25) is 5.88 Å². The lowest BCUT2D eigenvalue weighted by Gasteiger charge is -2.09. The van der Waals surface area contributed by atoms with Gasteiger partial charge in [0.25, 0.3) is 5.91 Å². The third kappa shape index (κ3) is 8.51. The molecule has 2 N–H and O–H groups in total. The smallest absolute Gasteiger partial charge is 0.252 e. The van der Waals surface area contributed by atoms with Crippen molar-refractivity contribution >= 4 is 53.9 Å². The molecule has 1 aromatic heterocycles. The highest BCUT2D eigenvalue weighted by molar-refractivity contribution is 6.42. The van der Waals surface area contributed by atoms with Gasteiger partial charge in [-0.3, -0.25) is 4.79 Å². The van der Waals surface area contributed by atoms with Crippen molar-refractivity contribution in [3.63, 3.8) is 0 Å². The summed E-state index contributed by atoms with van der Waals surface area (Å²) in [5.41, 5.74) is 0.446.